The topological polar surface area (TPSA) is 147 Å². The van der Waals surface area contributed by atoms with Crippen LogP contribution in [0.4, 0.5) is 11.5 Å². The largest absolute Gasteiger partial charge is 0.462 e. The summed E-state index contributed by atoms with van der Waals surface area (Å²) in [6, 6.07) is 3.00. The molecule has 0 aromatic carbocycles. The van der Waals surface area contributed by atoms with Crippen LogP contribution in [0.25, 0.3) is 0 Å². The van der Waals surface area contributed by atoms with Crippen molar-refractivity contribution in [3.05, 3.63) is 57.9 Å². The van der Waals surface area contributed by atoms with E-state index in [0.717, 1.165) is 6.20 Å². The highest BCUT2D eigenvalue weighted by Crippen LogP contribution is 2.18. The molecule has 0 radical (unpaired) electrons. The van der Waals surface area contributed by atoms with Crippen LogP contribution in [-0.4, -0.2) is 43.0 Å². The van der Waals surface area contributed by atoms with E-state index >= 15 is 0 Å². The van der Waals surface area contributed by atoms with Crippen molar-refractivity contribution in [2.75, 3.05) is 11.9 Å². The summed E-state index contributed by atoms with van der Waals surface area (Å²) in [5, 5.41) is 21.1. The summed E-state index contributed by atoms with van der Waals surface area (Å²) in [4.78, 5) is 34.5. The van der Waals surface area contributed by atoms with Crippen LogP contribution in [0.2, 0.25) is 0 Å². The second-order valence-electron chi connectivity index (χ2n) is 5.62. The van der Waals surface area contributed by atoms with Crippen LogP contribution in [0.5, 0.6) is 0 Å². The predicted molar refractivity (Wildman–Crippen MR) is 93.8 cm³/mol. The summed E-state index contributed by atoms with van der Waals surface area (Å²) in [7, 11) is 1.57. The van der Waals surface area contributed by atoms with Gasteiger partial charge in [-0.1, -0.05) is 0 Å². The van der Waals surface area contributed by atoms with Gasteiger partial charge in [0.1, 0.15) is 29.5 Å². The zero-order valence-corrected chi connectivity index (χ0v) is 15.0. The van der Waals surface area contributed by atoms with Crippen LogP contribution in [-0.2, 0) is 18.3 Å². The maximum atomic E-state index is 12.4. The van der Waals surface area contributed by atoms with E-state index in [1.54, 1.807) is 20.0 Å². The Morgan fingerprint density at radius 3 is 2.79 bits per heavy atom. The first-order valence-electron chi connectivity index (χ1n) is 8.15. The fourth-order valence-corrected chi connectivity index (χ4v) is 2.39. The van der Waals surface area contributed by atoms with Crippen LogP contribution < -0.4 is 5.32 Å². The van der Waals surface area contributed by atoms with Crippen molar-refractivity contribution in [3.63, 3.8) is 0 Å². The number of hydrogen-bond acceptors (Lipinski definition) is 8. The first kappa shape index (κ1) is 18.8. The normalized spacial score (nSPS) is 10.6. The predicted octanol–water partition coefficient (Wildman–Crippen LogP) is 1.60. The molecule has 1 amide bonds. The lowest BCUT2D eigenvalue weighted by molar-refractivity contribution is -0.385. The SMILES string of the molecule is CCOC(=O)c1cnn(C)c1NC(=O)c1ccc(Cn2cc([N+](=O)[O-])cn2)o1. The lowest BCUT2D eigenvalue weighted by Gasteiger charge is -2.07. The number of nitro groups is 1. The molecule has 1 N–H and O–H groups in total. The lowest BCUT2D eigenvalue weighted by atomic mass is 10.3. The number of furan rings is 1. The highest BCUT2D eigenvalue weighted by molar-refractivity contribution is 6.05. The van der Waals surface area contributed by atoms with Gasteiger partial charge in [0, 0.05) is 7.05 Å². The Hall–Kier alpha value is -3.96. The minimum absolute atomic E-state index is 0.00679. The second kappa shape index (κ2) is 7.73. The molecule has 3 rings (SSSR count). The van der Waals surface area contributed by atoms with E-state index in [0.29, 0.717) is 5.76 Å². The van der Waals surface area contributed by atoms with Crippen molar-refractivity contribution < 1.29 is 23.7 Å². The third kappa shape index (κ3) is 3.90. The van der Waals surface area contributed by atoms with Crippen molar-refractivity contribution in [1.29, 1.82) is 0 Å². The monoisotopic (exact) mass is 388 g/mol. The molecule has 0 fully saturated rings. The minimum atomic E-state index is -0.605. The number of esters is 1. The Morgan fingerprint density at radius 1 is 1.32 bits per heavy atom. The maximum Gasteiger partial charge on any atom is 0.343 e. The van der Waals surface area contributed by atoms with Crippen LogP contribution in [0, 0.1) is 10.1 Å². The maximum absolute atomic E-state index is 12.4. The summed E-state index contributed by atoms with van der Waals surface area (Å²) in [5.41, 5.74) is -0.0273. The molecule has 0 saturated heterocycles. The molecular weight excluding hydrogens is 372 g/mol. The van der Waals surface area contributed by atoms with Crippen molar-refractivity contribution in [2.24, 2.45) is 7.05 Å². The van der Waals surface area contributed by atoms with Gasteiger partial charge in [-0.05, 0) is 19.1 Å². The first-order valence-corrected chi connectivity index (χ1v) is 8.15. The molecule has 3 heterocycles. The van der Waals surface area contributed by atoms with E-state index in [9.17, 15) is 19.7 Å². The number of hydrogen-bond donors (Lipinski definition) is 1. The lowest BCUT2D eigenvalue weighted by Crippen LogP contribution is -2.17. The fraction of sp³-hybridized carbons (Fsp3) is 0.250. The van der Waals surface area contributed by atoms with E-state index < -0.39 is 16.8 Å². The molecular formula is C16H16N6O6. The number of aromatic nitrogens is 4. The molecule has 0 atom stereocenters. The van der Waals surface area contributed by atoms with Gasteiger partial charge in [-0.3, -0.25) is 24.3 Å². The first-order chi connectivity index (χ1) is 13.4. The van der Waals surface area contributed by atoms with Gasteiger partial charge in [-0.15, -0.1) is 0 Å². The molecule has 0 aliphatic heterocycles. The summed E-state index contributed by atoms with van der Waals surface area (Å²) in [5.74, 6) is -0.659. The number of carbonyl (C=O) groups excluding carboxylic acids is 2. The molecule has 146 valence electrons. The van der Waals surface area contributed by atoms with Gasteiger partial charge in [0.05, 0.1) is 24.3 Å². The van der Waals surface area contributed by atoms with Crippen LogP contribution in [0.15, 0.2) is 35.1 Å². The molecule has 0 spiro atoms. The number of amides is 1. The van der Waals surface area contributed by atoms with Gasteiger partial charge in [-0.25, -0.2) is 4.79 Å². The van der Waals surface area contributed by atoms with Gasteiger partial charge in [0.15, 0.2) is 5.76 Å². The molecule has 0 bridgehead atoms. The Balaban J connectivity index is 1.72. The number of carbonyl (C=O) groups is 2. The van der Waals surface area contributed by atoms with Gasteiger partial charge in [0.25, 0.3) is 5.91 Å². The van der Waals surface area contributed by atoms with Crippen molar-refractivity contribution >= 4 is 23.4 Å². The molecule has 0 aliphatic rings. The quantitative estimate of drug-likeness (QED) is 0.364. The number of ether oxygens (including phenoxy) is 1. The zero-order chi connectivity index (χ0) is 20.3. The highest BCUT2D eigenvalue weighted by atomic mass is 16.6. The van der Waals surface area contributed by atoms with Gasteiger partial charge in [-0.2, -0.15) is 10.2 Å². The standard InChI is InChI=1S/C16H16N6O6/c1-3-27-16(24)12-7-17-20(2)14(12)19-15(23)13-5-4-11(28-13)9-21-8-10(6-18-21)22(25)26/h4-8H,3,9H2,1-2H3,(H,19,23). The average Bonchev–Trinajstić information content (AvgIpc) is 3.37. The Kier molecular flexibility index (Phi) is 5.20. The number of anilines is 1. The number of nitrogens with one attached hydrogen (secondary N) is 1. The average molecular weight is 388 g/mol. The van der Waals surface area contributed by atoms with Gasteiger partial charge in [0.2, 0.25) is 0 Å². The van der Waals surface area contributed by atoms with E-state index in [2.05, 4.69) is 15.5 Å². The molecule has 28 heavy (non-hydrogen) atoms. The number of aryl methyl sites for hydroxylation is 1. The third-order valence-electron chi connectivity index (χ3n) is 3.70. The third-order valence-corrected chi connectivity index (χ3v) is 3.70. The van der Waals surface area contributed by atoms with Crippen molar-refractivity contribution in [1.82, 2.24) is 19.6 Å². The Labute approximate surface area is 157 Å². The van der Waals surface area contributed by atoms with Gasteiger partial charge < -0.3 is 14.5 Å². The highest BCUT2D eigenvalue weighted by Gasteiger charge is 2.21. The molecule has 12 nitrogen and oxygen atoms in total. The molecule has 0 aliphatic carbocycles. The molecule has 3 aromatic heterocycles. The summed E-state index contributed by atoms with van der Waals surface area (Å²) < 4.78 is 13.0. The van der Waals surface area contributed by atoms with Crippen molar-refractivity contribution in [3.8, 4) is 0 Å². The van der Waals surface area contributed by atoms with E-state index in [4.69, 9.17) is 9.15 Å². The molecule has 0 saturated carbocycles. The van der Waals surface area contributed by atoms with Crippen LogP contribution in [0.1, 0.15) is 33.6 Å². The van der Waals surface area contributed by atoms with Gasteiger partial charge >= 0.3 is 11.7 Å². The van der Waals surface area contributed by atoms with Crippen molar-refractivity contribution in [2.45, 2.75) is 13.5 Å². The van der Waals surface area contributed by atoms with E-state index in [-0.39, 0.29) is 36.0 Å². The zero-order valence-electron chi connectivity index (χ0n) is 15.0. The number of nitrogens with zero attached hydrogens (tertiary/aromatic N) is 5. The summed E-state index contributed by atoms with van der Waals surface area (Å²) in [6.45, 7) is 1.97. The minimum Gasteiger partial charge on any atom is -0.462 e. The second-order valence-corrected chi connectivity index (χ2v) is 5.62. The van der Waals surface area contributed by atoms with E-state index in [1.165, 1.54) is 27.8 Å². The van der Waals surface area contributed by atoms with Crippen LogP contribution in [0.3, 0.4) is 0 Å². The number of rotatable bonds is 7. The van der Waals surface area contributed by atoms with Crippen LogP contribution >= 0.6 is 0 Å². The fourth-order valence-electron chi connectivity index (χ4n) is 2.39. The Bertz CT molecular complexity index is 1030. The smallest absolute Gasteiger partial charge is 0.343 e. The Morgan fingerprint density at radius 2 is 2.11 bits per heavy atom. The summed E-state index contributed by atoms with van der Waals surface area (Å²) in [6.07, 6.45) is 3.67. The molecule has 3 aromatic rings. The summed E-state index contributed by atoms with van der Waals surface area (Å²) >= 11 is 0. The molecule has 12 heteroatoms. The molecule has 0 unspecified atom stereocenters. The van der Waals surface area contributed by atoms with E-state index in [1.807, 2.05) is 0 Å².